The second-order valence-electron chi connectivity index (χ2n) is 7.80. The number of aromatic nitrogens is 4. The lowest BCUT2D eigenvalue weighted by Gasteiger charge is -2.32. The van der Waals surface area contributed by atoms with Gasteiger partial charge in [-0.25, -0.2) is 4.98 Å². The van der Waals surface area contributed by atoms with Crippen LogP contribution in [-0.2, 0) is 13.0 Å². The molecule has 0 spiro atoms. The number of rotatable bonds is 7. The Kier molecular flexibility index (Phi) is 6.05. The third-order valence-electron chi connectivity index (χ3n) is 5.45. The van der Waals surface area contributed by atoms with E-state index in [1.165, 1.54) is 5.56 Å². The second kappa shape index (κ2) is 9.05. The van der Waals surface area contributed by atoms with E-state index >= 15 is 0 Å². The average molecular weight is 393 g/mol. The highest BCUT2D eigenvalue weighted by Crippen LogP contribution is 2.17. The van der Waals surface area contributed by atoms with Crippen molar-refractivity contribution in [1.82, 2.24) is 24.6 Å². The number of H-pyrrole nitrogens is 1. The topological polar surface area (TPSA) is 78.8 Å². The number of nitrogens with zero attached hydrogens (tertiary/aromatic N) is 4. The number of aromatic amines is 1. The maximum atomic E-state index is 12.1. The Hall–Kier alpha value is -2.93. The summed E-state index contributed by atoms with van der Waals surface area (Å²) in [5, 5.41) is 7.71. The van der Waals surface area contributed by atoms with Gasteiger partial charge in [-0.15, -0.1) is 0 Å². The van der Waals surface area contributed by atoms with Crippen molar-refractivity contribution in [2.24, 2.45) is 0 Å². The minimum absolute atomic E-state index is 0.119. The van der Waals surface area contributed by atoms with Crippen molar-refractivity contribution in [3.05, 3.63) is 76.5 Å². The predicted octanol–water partition coefficient (Wildman–Crippen LogP) is 2.85. The molecule has 0 radical (unpaired) electrons. The molecule has 1 aromatic carbocycles. The summed E-state index contributed by atoms with van der Waals surface area (Å²) < 4.78 is 1.89. The number of hydrogen-bond donors (Lipinski definition) is 2. The summed E-state index contributed by atoms with van der Waals surface area (Å²) >= 11 is 0. The highest BCUT2D eigenvalue weighted by atomic mass is 16.1. The fraction of sp³-hybridized carbons (Fsp3) is 0.409. The van der Waals surface area contributed by atoms with E-state index in [1.807, 2.05) is 16.9 Å². The summed E-state index contributed by atoms with van der Waals surface area (Å²) in [5.41, 5.74) is 2.01. The summed E-state index contributed by atoms with van der Waals surface area (Å²) in [5.74, 6) is 0.571. The smallest absolute Gasteiger partial charge is 0.252 e. The van der Waals surface area contributed by atoms with Crippen molar-refractivity contribution in [1.29, 1.82) is 0 Å². The summed E-state index contributed by atoms with van der Waals surface area (Å²) in [6.07, 6.45) is 6.42. The summed E-state index contributed by atoms with van der Waals surface area (Å²) in [4.78, 5) is 22.1. The van der Waals surface area contributed by atoms with Gasteiger partial charge < -0.3 is 5.32 Å². The van der Waals surface area contributed by atoms with Gasteiger partial charge >= 0.3 is 0 Å². The number of piperidine rings is 1. The number of likely N-dealkylation sites (tertiary alicyclic amines) is 1. The molecule has 1 atom stereocenters. The standard InChI is InChI=1S/C22H28N6O/c1-17(28-11-5-10-23-28)14-20-15-21(29)26-22(25-20)24-19-8-12-27(13-9-19)16-18-6-3-2-4-7-18/h2-7,10-11,15,17,19H,8-9,12-14,16H2,1H3,(H2,24,25,26,29). The third kappa shape index (κ3) is 5.32. The van der Waals surface area contributed by atoms with Crippen LogP contribution in [-0.4, -0.2) is 43.8 Å². The Labute approximate surface area is 170 Å². The van der Waals surface area contributed by atoms with Gasteiger partial charge in [-0.2, -0.15) is 5.10 Å². The van der Waals surface area contributed by atoms with E-state index in [-0.39, 0.29) is 11.6 Å². The first-order chi connectivity index (χ1) is 14.2. The lowest BCUT2D eigenvalue weighted by Crippen LogP contribution is -2.39. The lowest BCUT2D eigenvalue weighted by molar-refractivity contribution is 0.211. The van der Waals surface area contributed by atoms with E-state index in [2.05, 4.69) is 62.5 Å². The summed E-state index contributed by atoms with van der Waals surface area (Å²) in [6, 6.07) is 14.5. The van der Waals surface area contributed by atoms with E-state index in [9.17, 15) is 4.79 Å². The highest BCUT2D eigenvalue weighted by molar-refractivity contribution is 5.27. The van der Waals surface area contributed by atoms with Crippen molar-refractivity contribution >= 4 is 5.95 Å². The maximum absolute atomic E-state index is 12.1. The summed E-state index contributed by atoms with van der Waals surface area (Å²) in [7, 11) is 0. The first kappa shape index (κ1) is 19.4. The molecule has 2 aromatic heterocycles. The third-order valence-corrected chi connectivity index (χ3v) is 5.45. The zero-order chi connectivity index (χ0) is 20.1. The van der Waals surface area contributed by atoms with Gasteiger partial charge in [-0.1, -0.05) is 30.3 Å². The molecule has 1 aliphatic rings. The van der Waals surface area contributed by atoms with Crippen molar-refractivity contribution in [2.45, 2.75) is 44.8 Å². The molecular formula is C22H28N6O. The van der Waals surface area contributed by atoms with Crippen LogP contribution in [0.25, 0.3) is 0 Å². The van der Waals surface area contributed by atoms with Gasteiger partial charge in [-0.3, -0.25) is 19.4 Å². The van der Waals surface area contributed by atoms with Crippen LogP contribution in [0.1, 0.15) is 37.1 Å². The van der Waals surface area contributed by atoms with Crippen molar-refractivity contribution < 1.29 is 0 Å². The molecule has 0 aliphatic carbocycles. The number of hydrogen-bond acceptors (Lipinski definition) is 5. The van der Waals surface area contributed by atoms with Crippen molar-refractivity contribution in [3.8, 4) is 0 Å². The molecule has 1 aliphatic heterocycles. The zero-order valence-electron chi connectivity index (χ0n) is 16.8. The van der Waals surface area contributed by atoms with Crippen molar-refractivity contribution in [3.63, 3.8) is 0 Å². The van der Waals surface area contributed by atoms with Crippen LogP contribution in [0.3, 0.4) is 0 Å². The highest BCUT2D eigenvalue weighted by Gasteiger charge is 2.20. The SMILES string of the molecule is CC(Cc1cc(=O)[nH]c(NC2CCN(Cc3ccccc3)CC2)n1)n1cccn1. The van der Waals surface area contributed by atoms with Gasteiger partial charge in [-0.05, 0) is 31.4 Å². The zero-order valence-corrected chi connectivity index (χ0v) is 16.8. The van der Waals surface area contributed by atoms with Crippen LogP contribution in [0.5, 0.6) is 0 Å². The fourth-order valence-electron chi connectivity index (χ4n) is 3.89. The molecule has 29 heavy (non-hydrogen) atoms. The molecule has 1 unspecified atom stereocenters. The molecule has 4 rings (SSSR count). The molecule has 0 saturated carbocycles. The van der Waals surface area contributed by atoms with Crippen LogP contribution in [0.15, 0.2) is 59.7 Å². The molecule has 3 heterocycles. The van der Waals surface area contributed by atoms with E-state index in [0.717, 1.165) is 38.2 Å². The predicted molar refractivity (Wildman–Crippen MR) is 114 cm³/mol. The Bertz CT molecular complexity index is 945. The van der Waals surface area contributed by atoms with Gasteiger partial charge in [0, 0.05) is 50.6 Å². The monoisotopic (exact) mass is 392 g/mol. The van der Waals surface area contributed by atoms with Crippen LogP contribution in [0.4, 0.5) is 5.95 Å². The molecule has 1 fully saturated rings. The molecule has 7 heteroatoms. The van der Waals surface area contributed by atoms with Crippen LogP contribution in [0, 0.1) is 0 Å². The Morgan fingerprint density at radius 1 is 1.21 bits per heavy atom. The van der Waals surface area contributed by atoms with Gasteiger partial charge in [0.05, 0.1) is 11.7 Å². The molecule has 0 bridgehead atoms. The molecule has 152 valence electrons. The van der Waals surface area contributed by atoms with Crippen LogP contribution >= 0.6 is 0 Å². The average Bonchev–Trinajstić information content (AvgIpc) is 3.25. The largest absolute Gasteiger partial charge is 0.353 e. The molecular weight excluding hydrogens is 364 g/mol. The van der Waals surface area contributed by atoms with E-state index in [1.54, 1.807) is 12.3 Å². The van der Waals surface area contributed by atoms with Gasteiger partial charge in [0.1, 0.15) is 0 Å². The molecule has 0 amide bonds. The minimum Gasteiger partial charge on any atom is -0.353 e. The first-order valence-corrected chi connectivity index (χ1v) is 10.3. The number of anilines is 1. The van der Waals surface area contributed by atoms with E-state index in [0.29, 0.717) is 18.4 Å². The summed E-state index contributed by atoms with van der Waals surface area (Å²) in [6.45, 7) is 5.13. The fourth-order valence-corrected chi connectivity index (χ4v) is 3.89. The second-order valence-corrected chi connectivity index (χ2v) is 7.80. The Morgan fingerprint density at radius 2 is 2.00 bits per heavy atom. The first-order valence-electron chi connectivity index (χ1n) is 10.3. The number of nitrogens with one attached hydrogen (secondary N) is 2. The van der Waals surface area contributed by atoms with E-state index < -0.39 is 0 Å². The Morgan fingerprint density at radius 3 is 2.72 bits per heavy atom. The molecule has 3 aromatic rings. The molecule has 1 saturated heterocycles. The maximum Gasteiger partial charge on any atom is 0.252 e. The molecule has 7 nitrogen and oxygen atoms in total. The van der Waals surface area contributed by atoms with Gasteiger partial charge in [0.15, 0.2) is 0 Å². The van der Waals surface area contributed by atoms with E-state index in [4.69, 9.17) is 0 Å². The van der Waals surface area contributed by atoms with Crippen LogP contribution < -0.4 is 10.9 Å². The normalized spacial score (nSPS) is 16.6. The molecule has 2 N–H and O–H groups in total. The van der Waals surface area contributed by atoms with Crippen molar-refractivity contribution in [2.75, 3.05) is 18.4 Å². The minimum atomic E-state index is -0.119. The Balaban J connectivity index is 1.33. The van der Waals surface area contributed by atoms with Crippen LogP contribution in [0.2, 0.25) is 0 Å². The van der Waals surface area contributed by atoms with Gasteiger partial charge in [0.2, 0.25) is 5.95 Å². The van der Waals surface area contributed by atoms with Gasteiger partial charge in [0.25, 0.3) is 5.56 Å². The lowest BCUT2D eigenvalue weighted by atomic mass is 10.0. The quantitative estimate of drug-likeness (QED) is 0.646. The number of benzene rings is 1.